The Bertz CT molecular complexity index is 1620. The third-order valence-electron chi connectivity index (χ3n) is 7.45. The molecule has 0 saturated heterocycles. The molecule has 0 saturated carbocycles. The number of hydrogen-bond donors (Lipinski definition) is 1. The van der Waals surface area contributed by atoms with Gasteiger partial charge in [-0.2, -0.15) is 15.8 Å². The van der Waals surface area contributed by atoms with Crippen LogP contribution in [0.3, 0.4) is 0 Å². The van der Waals surface area contributed by atoms with E-state index in [4.69, 9.17) is 18.6 Å². The van der Waals surface area contributed by atoms with E-state index in [1.165, 1.54) is 9.80 Å². The van der Waals surface area contributed by atoms with Gasteiger partial charge in [-0.3, -0.25) is 19.4 Å². The zero-order valence-electron chi connectivity index (χ0n) is 18.8. The number of nitrogens with two attached hydrogens (primary N) is 1. The first-order chi connectivity index (χ1) is 17.4. The van der Waals surface area contributed by atoms with Crippen LogP contribution in [-0.4, -0.2) is 24.9 Å². The highest BCUT2D eigenvalue weighted by Crippen LogP contribution is 2.72. The monoisotopic (exact) mass is 468 g/mol. The van der Waals surface area contributed by atoms with E-state index in [-0.39, 0.29) is 29.8 Å². The first kappa shape index (κ1) is 22.3. The minimum absolute atomic E-state index is 0.164. The number of allylic oxidation sites excluding steroid dienone is 1. The number of benzene rings is 2. The van der Waals surface area contributed by atoms with Gasteiger partial charge in [0.2, 0.25) is 17.2 Å². The second kappa shape index (κ2) is 7.25. The molecule has 0 radical (unpaired) electrons. The zero-order chi connectivity index (χ0) is 25.9. The van der Waals surface area contributed by atoms with Gasteiger partial charge in [0.25, 0.3) is 0 Å². The molecule has 1 aliphatic carbocycles. The van der Waals surface area contributed by atoms with E-state index in [0.29, 0.717) is 11.4 Å². The predicted molar refractivity (Wildman–Crippen MR) is 129 cm³/mol. The fraction of sp³-hybridized carbons (Fsp3) is 0.179. The SMILES string of the molecule is C#CCN1C(=O)[C@@]2(C(C#N)=C(N)C(C#N)(C#N)[C@]23C(=O)N(CC#C)c2ccccc23)c2ccccc21. The van der Waals surface area contributed by atoms with Crippen LogP contribution < -0.4 is 15.5 Å². The van der Waals surface area contributed by atoms with Crippen LogP contribution in [-0.2, 0) is 20.4 Å². The van der Waals surface area contributed by atoms with Crippen molar-refractivity contribution in [2.24, 2.45) is 11.1 Å². The van der Waals surface area contributed by atoms with Crippen molar-refractivity contribution in [2.75, 3.05) is 22.9 Å². The smallest absolute Gasteiger partial charge is 0.245 e. The Morgan fingerprint density at radius 1 is 0.806 bits per heavy atom. The van der Waals surface area contributed by atoms with Crippen LogP contribution in [0.25, 0.3) is 0 Å². The molecular formula is C28H16N6O2. The summed E-state index contributed by atoms with van der Waals surface area (Å²) < 4.78 is 0. The molecule has 2 N–H and O–H groups in total. The molecule has 36 heavy (non-hydrogen) atoms. The second-order valence-corrected chi connectivity index (χ2v) is 8.60. The molecule has 2 aromatic carbocycles. The summed E-state index contributed by atoms with van der Waals surface area (Å²) in [7, 11) is 0. The number of amides is 2. The average molecular weight is 468 g/mol. The molecule has 8 heteroatoms. The molecule has 0 unspecified atom stereocenters. The van der Waals surface area contributed by atoms with Crippen molar-refractivity contribution in [3.8, 4) is 42.9 Å². The molecule has 170 valence electrons. The highest BCUT2D eigenvalue weighted by Gasteiger charge is 2.85. The summed E-state index contributed by atoms with van der Waals surface area (Å²) in [6, 6.07) is 19.0. The third-order valence-corrected chi connectivity index (χ3v) is 7.45. The summed E-state index contributed by atoms with van der Waals surface area (Å²) in [5, 5.41) is 31.6. The van der Waals surface area contributed by atoms with Crippen molar-refractivity contribution in [3.05, 3.63) is 70.9 Å². The van der Waals surface area contributed by atoms with Gasteiger partial charge in [-0.05, 0) is 23.3 Å². The predicted octanol–water partition coefficient (Wildman–Crippen LogP) is 1.61. The molecule has 2 aliphatic heterocycles. The van der Waals surface area contributed by atoms with E-state index < -0.39 is 33.8 Å². The van der Waals surface area contributed by atoms with Gasteiger partial charge in [-0.25, -0.2) is 0 Å². The van der Waals surface area contributed by atoms with Crippen LogP contribution in [0, 0.1) is 64.1 Å². The van der Waals surface area contributed by atoms with E-state index in [1.807, 2.05) is 18.2 Å². The van der Waals surface area contributed by atoms with Crippen molar-refractivity contribution in [2.45, 2.75) is 10.8 Å². The lowest BCUT2D eigenvalue weighted by molar-refractivity contribution is -0.134. The average Bonchev–Trinajstić information content (AvgIpc) is 3.38. The quantitative estimate of drug-likeness (QED) is 0.665. The molecule has 8 nitrogen and oxygen atoms in total. The molecule has 2 spiro atoms. The Labute approximate surface area is 207 Å². The largest absolute Gasteiger partial charge is 0.399 e. The minimum Gasteiger partial charge on any atom is -0.399 e. The third kappa shape index (κ3) is 1.98. The standard InChI is InChI=1S/C28H16N6O2/c1-3-13-33-21-11-7-5-9-18(21)27(24(33)35)20(15-29)23(32)26(16-30,17-31)28(27)19-10-6-8-12-22(19)34(14-4-2)25(28)36/h1-2,5-12H,13-14,32H2/t27-,28-/m0/s1. The maximum atomic E-state index is 14.6. The number of para-hydroxylation sites is 2. The molecule has 0 aromatic heterocycles. The van der Waals surface area contributed by atoms with Crippen molar-refractivity contribution in [3.63, 3.8) is 0 Å². The number of hydrogen-bond acceptors (Lipinski definition) is 6. The Morgan fingerprint density at radius 2 is 1.31 bits per heavy atom. The highest BCUT2D eigenvalue weighted by molar-refractivity contribution is 6.23. The van der Waals surface area contributed by atoms with E-state index in [0.717, 1.165) is 0 Å². The Kier molecular flexibility index (Phi) is 4.49. The molecule has 2 aromatic rings. The summed E-state index contributed by atoms with van der Waals surface area (Å²) in [6.45, 7) is -0.353. The van der Waals surface area contributed by atoms with Crippen LogP contribution in [0.5, 0.6) is 0 Å². The first-order valence-electron chi connectivity index (χ1n) is 10.8. The Morgan fingerprint density at radius 3 is 1.83 bits per heavy atom. The van der Waals surface area contributed by atoms with Crippen LogP contribution in [0.1, 0.15) is 11.1 Å². The number of carbonyl (C=O) groups is 2. The molecule has 0 fully saturated rings. The zero-order valence-corrected chi connectivity index (χ0v) is 18.8. The van der Waals surface area contributed by atoms with Gasteiger partial charge in [0.1, 0.15) is 10.8 Å². The molecule has 2 heterocycles. The van der Waals surface area contributed by atoms with Crippen LogP contribution in [0.4, 0.5) is 11.4 Å². The van der Waals surface area contributed by atoms with Gasteiger partial charge in [-0.15, -0.1) is 12.8 Å². The van der Waals surface area contributed by atoms with Crippen LogP contribution in [0.15, 0.2) is 59.8 Å². The van der Waals surface area contributed by atoms with Crippen molar-refractivity contribution >= 4 is 23.2 Å². The Hall–Kier alpha value is -5.49. The van der Waals surface area contributed by atoms with Gasteiger partial charge in [0, 0.05) is 11.4 Å². The topological polar surface area (TPSA) is 138 Å². The maximum Gasteiger partial charge on any atom is 0.245 e. The summed E-state index contributed by atoms with van der Waals surface area (Å²) in [5.41, 5.74) is 0.131. The van der Waals surface area contributed by atoms with Gasteiger partial charge >= 0.3 is 0 Å². The van der Waals surface area contributed by atoms with Crippen molar-refractivity contribution in [1.29, 1.82) is 15.8 Å². The van der Waals surface area contributed by atoms with Gasteiger partial charge < -0.3 is 5.73 Å². The van der Waals surface area contributed by atoms with E-state index in [1.54, 1.807) is 48.5 Å². The summed E-state index contributed by atoms with van der Waals surface area (Å²) in [6.07, 6.45) is 11.2. The molecule has 2 amide bonds. The molecule has 0 bridgehead atoms. The number of nitrogens with zero attached hydrogens (tertiary/aromatic N) is 5. The maximum absolute atomic E-state index is 14.6. The van der Waals surface area contributed by atoms with Crippen molar-refractivity contribution in [1.82, 2.24) is 0 Å². The van der Waals surface area contributed by atoms with Gasteiger partial charge in [0.05, 0.1) is 42.6 Å². The molecule has 3 aliphatic rings. The number of nitriles is 3. The second-order valence-electron chi connectivity index (χ2n) is 8.60. The number of rotatable bonds is 2. The number of terminal acetylenes is 2. The van der Waals surface area contributed by atoms with Gasteiger partial charge in [0.15, 0.2) is 0 Å². The van der Waals surface area contributed by atoms with Crippen LogP contribution in [0.2, 0.25) is 0 Å². The normalized spacial score (nSPS) is 24.6. The molecule has 2 atom stereocenters. The fourth-order valence-corrected chi connectivity index (χ4v) is 6.25. The highest BCUT2D eigenvalue weighted by atomic mass is 16.2. The Balaban J connectivity index is 2.08. The molecule has 5 rings (SSSR count). The van der Waals surface area contributed by atoms with Crippen LogP contribution >= 0.6 is 0 Å². The lowest BCUT2D eigenvalue weighted by atomic mass is 9.50. The summed E-state index contributed by atoms with van der Waals surface area (Å²) in [5.74, 6) is 3.41. The lowest BCUT2D eigenvalue weighted by Gasteiger charge is -2.43. The van der Waals surface area contributed by atoms with Gasteiger partial charge in [-0.1, -0.05) is 48.2 Å². The minimum atomic E-state index is -2.40. The number of carbonyl (C=O) groups excluding carboxylic acids is 2. The summed E-state index contributed by atoms with van der Waals surface area (Å²) in [4.78, 5) is 31.7. The van der Waals surface area contributed by atoms with E-state index in [2.05, 4.69) is 11.8 Å². The van der Waals surface area contributed by atoms with E-state index >= 15 is 0 Å². The number of fused-ring (bicyclic) bond motifs is 5. The molecular weight excluding hydrogens is 452 g/mol. The number of anilines is 2. The fourth-order valence-electron chi connectivity index (χ4n) is 6.25. The first-order valence-corrected chi connectivity index (χ1v) is 10.8. The lowest BCUT2D eigenvalue weighted by Crippen LogP contribution is -2.64. The van der Waals surface area contributed by atoms with Crippen molar-refractivity contribution < 1.29 is 9.59 Å². The van der Waals surface area contributed by atoms with E-state index in [9.17, 15) is 25.4 Å². The summed E-state index contributed by atoms with van der Waals surface area (Å²) >= 11 is 0.